The second kappa shape index (κ2) is 11.5. The van der Waals surface area contributed by atoms with Gasteiger partial charge in [-0.3, -0.25) is 0 Å². The third kappa shape index (κ3) is 7.46. The van der Waals surface area contributed by atoms with Crippen molar-refractivity contribution in [2.24, 2.45) is 10.9 Å². The molecule has 8 heteroatoms. The number of ether oxygens (including phenoxy) is 1. The van der Waals surface area contributed by atoms with Crippen molar-refractivity contribution in [2.45, 2.75) is 26.8 Å². The molecule has 1 heterocycles. The number of nitrogens with one attached hydrogen (secondary N) is 2. The third-order valence-corrected chi connectivity index (χ3v) is 6.67. The second-order valence-corrected chi connectivity index (χ2v) is 9.60. The molecule has 0 amide bonds. The number of hydrogen-bond donors (Lipinski definition) is 2. The number of aliphatic imine (C=N–C) groups is 1. The molecule has 1 fully saturated rings. The predicted molar refractivity (Wildman–Crippen MR) is 133 cm³/mol. The summed E-state index contributed by atoms with van der Waals surface area (Å²) in [7, 11) is -2.87. The summed E-state index contributed by atoms with van der Waals surface area (Å²) in [5.74, 6) is 2.94. The number of para-hydroxylation sites is 1. The average molecular weight is 543 g/mol. The van der Waals surface area contributed by atoms with Crippen molar-refractivity contribution in [3.63, 3.8) is 0 Å². The van der Waals surface area contributed by atoms with E-state index < -0.39 is 9.84 Å². The van der Waals surface area contributed by atoms with Crippen LogP contribution in [-0.2, 0) is 16.4 Å². The van der Waals surface area contributed by atoms with Crippen LogP contribution in [0, 0.1) is 12.8 Å². The molecule has 0 aliphatic carbocycles. The summed E-state index contributed by atoms with van der Waals surface area (Å²) < 4.78 is 29.4. The molecule has 0 radical (unpaired) electrons. The Kier molecular flexibility index (Phi) is 9.41. The highest BCUT2D eigenvalue weighted by molar-refractivity contribution is 14.0. The van der Waals surface area contributed by atoms with Gasteiger partial charge in [0.1, 0.15) is 11.5 Å². The van der Waals surface area contributed by atoms with Gasteiger partial charge in [0, 0.05) is 18.7 Å². The summed E-state index contributed by atoms with van der Waals surface area (Å²) in [6, 6.07) is 15.8. The SMILES string of the molecule is CCNC(=NCc1ccc(C)cc1Oc1ccccc1)NCC1CCS(=O)(=O)C1.I. The van der Waals surface area contributed by atoms with Crippen molar-refractivity contribution in [1.29, 1.82) is 0 Å². The van der Waals surface area contributed by atoms with Crippen LogP contribution in [0.4, 0.5) is 0 Å². The maximum atomic E-state index is 11.6. The Labute approximate surface area is 196 Å². The van der Waals surface area contributed by atoms with Gasteiger partial charge in [-0.15, -0.1) is 24.0 Å². The lowest BCUT2D eigenvalue weighted by Gasteiger charge is -2.15. The second-order valence-electron chi connectivity index (χ2n) is 7.37. The molecule has 1 atom stereocenters. The number of rotatable bonds is 7. The van der Waals surface area contributed by atoms with Crippen LogP contribution < -0.4 is 15.4 Å². The summed E-state index contributed by atoms with van der Waals surface area (Å²) in [6.07, 6.45) is 0.710. The Morgan fingerprint density at radius 2 is 1.93 bits per heavy atom. The first-order chi connectivity index (χ1) is 13.9. The van der Waals surface area contributed by atoms with E-state index in [1.54, 1.807) is 0 Å². The van der Waals surface area contributed by atoms with Crippen LogP contribution >= 0.6 is 24.0 Å². The van der Waals surface area contributed by atoms with Crippen molar-refractivity contribution >= 4 is 39.8 Å². The minimum atomic E-state index is -2.87. The number of aryl methyl sites for hydroxylation is 1. The minimum Gasteiger partial charge on any atom is -0.457 e. The van der Waals surface area contributed by atoms with Crippen LogP contribution in [0.5, 0.6) is 11.5 Å². The highest BCUT2D eigenvalue weighted by Crippen LogP contribution is 2.27. The zero-order valence-corrected chi connectivity index (χ0v) is 20.6. The van der Waals surface area contributed by atoms with E-state index in [-0.39, 0.29) is 41.4 Å². The molecule has 2 aromatic carbocycles. The number of nitrogens with zero attached hydrogens (tertiary/aromatic N) is 1. The van der Waals surface area contributed by atoms with Crippen molar-refractivity contribution in [1.82, 2.24) is 10.6 Å². The molecule has 2 aromatic rings. The molecule has 3 rings (SSSR count). The number of benzene rings is 2. The molecule has 1 aliphatic heterocycles. The van der Waals surface area contributed by atoms with Crippen molar-refractivity contribution < 1.29 is 13.2 Å². The van der Waals surface area contributed by atoms with Gasteiger partial charge in [-0.1, -0.05) is 30.3 Å². The van der Waals surface area contributed by atoms with Gasteiger partial charge >= 0.3 is 0 Å². The van der Waals surface area contributed by atoms with E-state index in [4.69, 9.17) is 4.74 Å². The van der Waals surface area contributed by atoms with Gasteiger partial charge in [-0.05, 0) is 49.9 Å². The van der Waals surface area contributed by atoms with Gasteiger partial charge in [0.25, 0.3) is 0 Å². The monoisotopic (exact) mass is 543 g/mol. The molecular weight excluding hydrogens is 513 g/mol. The summed E-state index contributed by atoms with van der Waals surface area (Å²) in [5, 5.41) is 6.51. The van der Waals surface area contributed by atoms with Crippen molar-refractivity contribution in [3.8, 4) is 11.5 Å². The van der Waals surface area contributed by atoms with Gasteiger partial charge in [-0.25, -0.2) is 13.4 Å². The van der Waals surface area contributed by atoms with Gasteiger partial charge in [0.2, 0.25) is 0 Å². The van der Waals surface area contributed by atoms with Gasteiger partial charge in [-0.2, -0.15) is 0 Å². The van der Waals surface area contributed by atoms with E-state index in [0.717, 1.165) is 29.2 Å². The molecular formula is C22H30IN3O3S. The molecule has 164 valence electrons. The molecule has 1 unspecified atom stereocenters. The third-order valence-electron chi connectivity index (χ3n) is 4.83. The Hall–Kier alpha value is -1.81. The first-order valence-corrected chi connectivity index (χ1v) is 11.8. The van der Waals surface area contributed by atoms with Crippen LogP contribution in [0.25, 0.3) is 0 Å². The van der Waals surface area contributed by atoms with Crippen LogP contribution in [-0.4, -0.2) is 39.0 Å². The Balaban J connectivity index is 0.00000320. The maximum Gasteiger partial charge on any atom is 0.191 e. The fraction of sp³-hybridized carbons (Fsp3) is 0.409. The molecule has 0 spiro atoms. The van der Waals surface area contributed by atoms with Crippen molar-refractivity contribution in [2.75, 3.05) is 24.6 Å². The Bertz CT molecular complexity index is 949. The minimum absolute atomic E-state index is 0. The lowest BCUT2D eigenvalue weighted by Crippen LogP contribution is -2.40. The quantitative estimate of drug-likeness (QED) is 0.315. The molecule has 2 N–H and O–H groups in total. The largest absolute Gasteiger partial charge is 0.457 e. The summed E-state index contributed by atoms with van der Waals surface area (Å²) in [6.45, 7) is 5.84. The molecule has 30 heavy (non-hydrogen) atoms. The summed E-state index contributed by atoms with van der Waals surface area (Å²) >= 11 is 0. The molecule has 1 aliphatic rings. The molecule has 0 bridgehead atoms. The van der Waals surface area contributed by atoms with Gasteiger partial charge in [0.15, 0.2) is 15.8 Å². The van der Waals surface area contributed by atoms with E-state index in [2.05, 4.69) is 15.6 Å². The fourth-order valence-corrected chi connectivity index (χ4v) is 5.14. The predicted octanol–water partition coefficient (Wildman–Crippen LogP) is 3.90. The number of sulfone groups is 1. The highest BCUT2D eigenvalue weighted by atomic mass is 127. The normalized spacial score (nSPS) is 17.8. The maximum absolute atomic E-state index is 11.6. The van der Waals surface area contributed by atoms with Gasteiger partial charge < -0.3 is 15.4 Å². The summed E-state index contributed by atoms with van der Waals surface area (Å²) in [5.41, 5.74) is 2.11. The number of halogens is 1. The smallest absolute Gasteiger partial charge is 0.191 e. The number of hydrogen-bond acceptors (Lipinski definition) is 4. The van der Waals surface area contributed by atoms with Crippen LogP contribution in [0.15, 0.2) is 53.5 Å². The van der Waals surface area contributed by atoms with E-state index in [1.165, 1.54) is 0 Å². The average Bonchev–Trinajstić information content (AvgIpc) is 3.05. The van der Waals surface area contributed by atoms with E-state index in [0.29, 0.717) is 25.5 Å². The molecule has 1 saturated heterocycles. The van der Waals surface area contributed by atoms with Crippen molar-refractivity contribution in [3.05, 3.63) is 59.7 Å². The Morgan fingerprint density at radius 3 is 2.60 bits per heavy atom. The fourth-order valence-electron chi connectivity index (χ4n) is 3.28. The van der Waals surface area contributed by atoms with E-state index >= 15 is 0 Å². The summed E-state index contributed by atoms with van der Waals surface area (Å²) in [4.78, 5) is 4.68. The van der Waals surface area contributed by atoms with E-state index in [1.807, 2.05) is 62.4 Å². The first-order valence-electron chi connectivity index (χ1n) is 10.00. The number of guanidine groups is 1. The van der Waals surface area contributed by atoms with Gasteiger partial charge in [0.05, 0.1) is 18.1 Å². The molecule has 0 aromatic heterocycles. The zero-order valence-electron chi connectivity index (χ0n) is 17.4. The molecule has 0 saturated carbocycles. The van der Waals surface area contributed by atoms with Crippen LogP contribution in [0.1, 0.15) is 24.5 Å². The van der Waals surface area contributed by atoms with E-state index in [9.17, 15) is 8.42 Å². The standard InChI is InChI=1S/C22H29N3O3S.HI/c1-3-23-22(24-14-18-11-12-29(26,27)16-18)25-15-19-10-9-17(2)13-21(19)28-20-7-5-4-6-8-20;/h4-10,13,18H,3,11-12,14-16H2,1-2H3,(H2,23,24,25);1H. The molecule has 6 nitrogen and oxygen atoms in total. The lowest BCUT2D eigenvalue weighted by molar-refractivity contribution is 0.476. The highest BCUT2D eigenvalue weighted by Gasteiger charge is 2.27. The van der Waals surface area contributed by atoms with Crippen LogP contribution in [0.2, 0.25) is 0 Å². The van der Waals surface area contributed by atoms with Crippen LogP contribution in [0.3, 0.4) is 0 Å². The topological polar surface area (TPSA) is 79.8 Å². The zero-order chi connectivity index (χ0) is 20.7. The Morgan fingerprint density at radius 1 is 1.17 bits per heavy atom. The lowest BCUT2D eigenvalue weighted by atomic mass is 10.1. The first kappa shape index (κ1) is 24.5.